The number of rotatable bonds is 4. The van der Waals surface area contributed by atoms with E-state index in [2.05, 4.69) is 77.6 Å². The van der Waals surface area contributed by atoms with Crippen LogP contribution in [0.25, 0.3) is 0 Å². The van der Waals surface area contributed by atoms with Crippen molar-refractivity contribution in [2.75, 3.05) is 11.9 Å². The van der Waals surface area contributed by atoms with Crippen LogP contribution in [0.2, 0.25) is 0 Å². The van der Waals surface area contributed by atoms with Crippen LogP contribution in [0.1, 0.15) is 48.1 Å². The van der Waals surface area contributed by atoms with Crippen molar-refractivity contribution in [1.82, 2.24) is 9.78 Å². The number of nitrogens with zero attached hydrogens (tertiary/aromatic N) is 2. The maximum absolute atomic E-state index is 5.06. The van der Waals surface area contributed by atoms with Gasteiger partial charge in [-0.1, -0.05) is 60.7 Å². The molecule has 0 saturated carbocycles. The monoisotopic (exact) mass is 331 g/mol. The quantitative estimate of drug-likeness (QED) is 0.742. The highest BCUT2D eigenvalue weighted by molar-refractivity contribution is 5.54. The molecule has 0 bridgehead atoms. The predicted octanol–water partition coefficient (Wildman–Crippen LogP) is 4.83. The first-order valence-corrected chi connectivity index (χ1v) is 9.32. The summed E-state index contributed by atoms with van der Waals surface area (Å²) >= 11 is 0. The number of anilines is 1. The van der Waals surface area contributed by atoms with E-state index in [9.17, 15) is 0 Å². The third kappa shape index (κ3) is 3.07. The lowest BCUT2D eigenvalue weighted by atomic mass is 9.86. The molecule has 3 heteroatoms. The zero-order chi connectivity index (χ0) is 17.1. The van der Waals surface area contributed by atoms with Crippen LogP contribution >= 0.6 is 0 Å². The number of hydrogen-bond donors (Lipinski definition) is 1. The van der Waals surface area contributed by atoms with E-state index < -0.39 is 0 Å². The first-order valence-electron chi connectivity index (χ1n) is 9.32. The highest BCUT2D eigenvalue weighted by atomic mass is 15.3. The van der Waals surface area contributed by atoms with Crippen LogP contribution in [-0.2, 0) is 13.0 Å². The van der Waals surface area contributed by atoms with Crippen molar-refractivity contribution in [3.63, 3.8) is 0 Å². The van der Waals surface area contributed by atoms with Gasteiger partial charge in [-0.15, -0.1) is 0 Å². The lowest BCUT2D eigenvalue weighted by molar-refractivity contribution is 0.645. The Hall–Kier alpha value is -2.55. The Morgan fingerprint density at radius 3 is 2.20 bits per heavy atom. The molecule has 1 aliphatic rings. The summed E-state index contributed by atoms with van der Waals surface area (Å²) < 4.78 is 2.15. The fraction of sp³-hybridized carbons (Fsp3) is 0.318. The van der Waals surface area contributed by atoms with Crippen molar-refractivity contribution in [1.29, 1.82) is 0 Å². The Morgan fingerprint density at radius 1 is 0.960 bits per heavy atom. The number of fused-ring (bicyclic) bond motifs is 1. The SMILES string of the molecule is CCn1nc(C(c2ccccc2)c2ccccc2)c2c1NCCCC2. The van der Waals surface area contributed by atoms with Gasteiger partial charge in [-0.3, -0.25) is 0 Å². The minimum atomic E-state index is 0.184. The molecule has 128 valence electrons. The minimum absolute atomic E-state index is 0.184. The molecule has 0 amide bonds. The normalized spacial score (nSPS) is 14.0. The van der Waals surface area contributed by atoms with Gasteiger partial charge in [-0.2, -0.15) is 5.10 Å². The fourth-order valence-corrected chi connectivity index (χ4v) is 3.86. The second-order valence-corrected chi connectivity index (χ2v) is 6.67. The highest BCUT2D eigenvalue weighted by Crippen LogP contribution is 2.37. The van der Waals surface area contributed by atoms with Crippen LogP contribution in [0.15, 0.2) is 60.7 Å². The standard InChI is InChI=1S/C22H25N3/c1-2-25-22-19(15-9-10-16-23-22)21(24-25)20(17-11-5-3-6-12-17)18-13-7-4-8-14-18/h3-8,11-14,20,23H,2,9-10,15-16H2,1H3. The van der Waals surface area contributed by atoms with Gasteiger partial charge in [0.15, 0.2) is 0 Å². The van der Waals surface area contributed by atoms with E-state index in [1.54, 1.807) is 0 Å². The summed E-state index contributed by atoms with van der Waals surface area (Å²) in [7, 11) is 0. The predicted molar refractivity (Wildman–Crippen MR) is 103 cm³/mol. The topological polar surface area (TPSA) is 29.9 Å². The highest BCUT2D eigenvalue weighted by Gasteiger charge is 2.27. The molecule has 1 aliphatic heterocycles. The third-order valence-corrected chi connectivity index (χ3v) is 5.07. The Labute approximate surface area is 149 Å². The van der Waals surface area contributed by atoms with E-state index >= 15 is 0 Å². The van der Waals surface area contributed by atoms with E-state index in [1.165, 1.54) is 41.0 Å². The lowest BCUT2D eigenvalue weighted by Gasteiger charge is -2.18. The van der Waals surface area contributed by atoms with Crippen molar-refractivity contribution in [2.24, 2.45) is 0 Å². The summed E-state index contributed by atoms with van der Waals surface area (Å²) in [5.41, 5.74) is 5.23. The summed E-state index contributed by atoms with van der Waals surface area (Å²) in [6, 6.07) is 21.5. The summed E-state index contributed by atoms with van der Waals surface area (Å²) in [6.07, 6.45) is 3.55. The average Bonchev–Trinajstić information content (AvgIpc) is 2.84. The molecule has 0 atom stereocenters. The molecule has 0 spiro atoms. The molecule has 4 rings (SSSR count). The van der Waals surface area contributed by atoms with Crippen LogP contribution in [-0.4, -0.2) is 16.3 Å². The summed E-state index contributed by atoms with van der Waals surface area (Å²) in [6.45, 7) is 4.11. The molecular weight excluding hydrogens is 306 g/mol. The number of benzene rings is 2. The van der Waals surface area contributed by atoms with Gasteiger partial charge in [-0.05, 0) is 37.3 Å². The van der Waals surface area contributed by atoms with Gasteiger partial charge < -0.3 is 5.32 Å². The molecule has 0 fully saturated rings. The van der Waals surface area contributed by atoms with Crippen LogP contribution < -0.4 is 5.32 Å². The van der Waals surface area contributed by atoms with Crippen LogP contribution in [0.4, 0.5) is 5.82 Å². The Balaban J connectivity index is 1.90. The molecule has 0 unspecified atom stereocenters. The van der Waals surface area contributed by atoms with Crippen LogP contribution in [0, 0.1) is 0 Å². The first kappa shape index (κ1) is 15.9. The molecule has 0 radical (unpaired) electrons. The molecule has 2 aromatic carbocycles. The zero-order valence-corrected chi connectivity index (χ0v) is 14.8. The summed E-state index contributed by atoms with van der Waals surface area (Å²) in [5, 5.41) is 8.68. The second kappa shape index (κ2) is 7.14. The Morgan fingerprint density at radius 2 is 1.60 bits per heavy atom. The first-order chi connectivity index (χ1) is 12.4. The molecule has 3 aromatic rings. The minimum Gasteiger partial charge on any atom is -0.370 e. The van der Waals surface area contributed by atoms with Gasteiger partial charge >= 0.3 is 0 Å². The average molecular weight is 331 g/mol. The maximum Gasteiger partial charge on any atom is 0.127 e. The van der Waals surface area contributed by atoms with E-state index in [4.69, 9.17) is 5.10 Å². The van der Waals surface area contributed by atoms with Crippen molar-refractivity contribution in [3.05, 3.63) is 83.0 Å². The van der Waals surface area contributed by atoms with E-state index in [0.717, 1.165) is 19.5 Å². The zero-order valence-electron chi connectivity index (χ0n) is 14.8. The molecule has 0 aliphatic carbocycles. The number of nitrogens with one attached hydrogen (secondary N) is 1. The Bertz CT molecular complexity index is 782. The Kier molecular flexibility index (Phi) is 4.55. The van der Waals surface area contributed by atoms with Crippen LogP contribution in [0.5, 0.6) is 0 Å². The van der Waals surface area contributed by atoms with E-state index in [-0.39, 0.29) is 5.92 Å². The van der Waals surface area contributed by atoms with E-state index in [0.29, 0.717) is 0 Å². The molecular formula is C22H25N3. The van der Waals surface area contributed by atoms with Gasteiger partial charge in [0, 0.05) is 18.7 Å². The number of aryl methyl sites for hydroxylation is 1. The largest absolute Gasteiger partial charge is 0.370 e. The third-order valence-electron chi connectivity index (χ3n) is 5.07. The molecule has 1 N–H and O–H groups in total. The molecule has 0 saturated heterocycles. The van der Waals surface area contributed by atoms with Crippen LogP contribution in [0.3, 0.4) is 0 Å². The maximum atomic E-state index is 5.06. The van der Waals surface area contributed by atoms with Crippen molar-refractivity contribution >= 4 is 5.82 Å². The summed E-state index contributed by atoms with van der Waals surface area (Å²) in [4.78, 5) is 0. The van der Waals surface area contributed by atoms with Gasteiger partial charge in [-0.25, -0.2) is 4.68 Å². The van der Waals surface area contributed by atoms with Gasteiger partial charge in [0.05, 0.1) is 11.6 Å². The van der Waals surface area contributed by atoms with Crippen molar-refractivity contribution < 1.29 is 0 Å². The number of aromatic nitrogens is 2. The van der Waals surface area contributed by atoms with Gasteiger partial charge in [0.25, 0.3) is 0 Å². The summed E-state index contributed by atoms with van der Waals surface area (Å²) in [5.74, 6) is 1.41. The molecule has 1 aromatic heterocycles. The van der Waals surface area contributed by atoms with E-state index in [1.807, 2.05) is 0 Å². The smallest absolute Gasteiger partial charge is 0.127 e. The fourth-order valence-electron chi connectivity index (χ4n) is 3.86. The number of hydrogen-bond acceptors (Lipinski definition) is 2. The van der Waals surface area contributed by atoms with Crippen molar-refractivity contribution in [3.8, 4) is 0 Å². The molecule has 25 heavy (non-hydrogen) atoms. The second-order valence-electron chi connectivity index (χ2n) is 6.67. The van der Waals surface area contributed by atoms with Gasteiger partial charge in [0.1, 0.15) is 5.82 Å². The lowest BCUT2D eigenvalue weighted by Crippen LogP contribution is -2.08. The van der Waals surface area contributed by atoms with Gasteiger partial charge in [0.2, 0.25) is 0 Å². The van der Waals surface area contributed by atoms with Crippen molar-refractivity contribution in [2.45, 2.75) is 38.6 Å². The molecule has 2 heterocycles. The molecule has 3 nitrogen and oxygen atoms in total.